The van der Waals surface area contributed by atoms with E-state index in [0.717, 1.165) is 22.1 Å². The molecule has 2 rings (SSSR count). The number of nitrogens with two attached hydrogens (primary N) is 1. The molecule has 21 heavy (non-hydrogen) atoms. The molecule has 0 aliphatic carbocycles. The van der Waals surface area contributed by atoms with E-state index in [1.807, 2.05) is 19.2 Å². The Labute approximate surface area is 135 Å². The molecule has 1 fully saturated rings. The lowest BCUT2D eigenvalue weighted by molar-refractivity contribution is -0.133. The van der Waals surface area contributed by atoms with Crippen molar-refractivity contribution in [1.29, 1.82) is 0 Å². The summed E-state index contributed by atoms with van der Waals surface area (Å²) in [6, 6.07) is 4.61. The average Bonchev–Trinajstić information content (AvgIpc) is 2.86. The highest BCUT2D eigenvalue weighted by molar-refractivity contribution is 7.16. The third-order valence-electron chi connectivity index (χ3n) is 4.23. The summed E-state index contributed by atoms with van der Waals surface area (Å²) in [6.07, 6.45) is 3.45. The van der Waals surface area contributed by atoms with Gasteiger partial charge in [-0.15, -0.1) is 11.3 Å². The van der Waals surface area contributed by atoms with Gasteiger partial charge in [0.1, 0.15) is 0 Å². The molecule has 0 spiro atoms. The first-order valence-electron chi connectivity index (χ1n) is 7.45. The Morgan fingerprint density at radius 2 is 2.29 bits per heavy atom. The van der Waals surface area contributed by atoms with E-state index >= 15 is 0 Å². The number of carbonyl (C=O) groups excluding carboxylic acids is 1. The highest BCUT2D eigenvalue weighted by Crippen LogP contribution is 2.24. The molecule has 2 heterocycles. The predicted molar refractivity (Wildman–Crippen MR) is 88.7 cm³/mol. The molecule has 0 bridgehead atoms. The fourth-order valence-electron chi connectivity index (χ4n) is 2.91. The van der Waals surface area contributed by atoms with Crippen molar-refractivity contribution < 1.29 is 4.79 Å². The number of hydrogen-bond donors (Lipinski definition) is 1. The van der Waals surface area contributed by atoms with Crippen molar-refractivity contribution in [2.24, 2.45) is 5.73 Å². The maximum atomic E-state index is 12.4. The Morgan fingerprint density at radius 1 is 1.52 bits per heavy atom. The van der Waals surface area contributed by atoms with Crippen LogP contribution in [0.25, 0.3) is 0 Å². The largest absolute Gasteiger partial charge is 0.340 e. The molecular formula is C15H24ClN3OS. The molecule has 1 aromatic heterocycles. The standard InChI is InChI=1S/C15H24ClN3OS/c1-11-4-3-5-12(8-17)19(11)10-15(20)18(2)9-13-6-7-14(16)21-13/h6-7,11-12H,3-5,8-10,17H2,1-2H3. The van der Waals surface area contributed by atoms with Crippen LogP contribution in [0, 0.1) is 0 Å². The van der Waals surface area contributed by atoms with E-state index in [9.17, 15) is 4.79 Å². The van der Waals surface area contributed by atoms with Crippen molar-refractivity contribution in [1.82, 2.24) is 9.80 Å². The molecule has 1 aliphatic heterocycles. The second-order valence-electron chi connectivity index (χ2n) is 5.80. The normalized spacial score (nSPS) is 23.2. The number of piperidine rings is 1. The van der Waals surface area contributed by atoms with Gasteiger partial charge in [0, 0.05) is 30.6 Å². The van der Waals surface area contributed by atoms with Crippen molar-refractivity contribution in [3.63, 3.8) is 0 Å². The molecule has 6 heteroatoms. The van der Waals surface area contributed by atoms with E-state index in [2.05, 4.69) is 11.8 Å². The average molecular weight is 330 g/mol. The first-order chi connectivity index (χ1) is 10.0. The van der Waals surface area contributed by atoms with E-state index < -0.39 is 0 Å². The van der Waals surface area contributed by atoms with E-state index in [4.69, 9.17) is 17.3 Å². The van der Waals surface area contributed by atoms with Crippen molar-refractivity contribution in [2.45, 2.75) is 44.8 Å². The van der Waals surface area contributed by atoms with Crippen molar-refractivity contribution in [3.05, 3.63) is 21.3 Å². The van der Waals surface area contributed by atoms with Gasteiger partial charge in [0.15, 0.2) is 0 Å². The first kappa shape index (κ1) is 16.7. The third-order valence-corrected chi connectivity index (χ3v) is 5.45. The second-order valence-corrected chi connectivity index (χ2v) is 7.60. The summed E-state index contributed by atoms with van der Waals surface area (Å²) in [7, 11) is 1.85. The minimum atomic E-state index is 0.145. The zero-order valence-electron chi connectivity index (χ0n) is 12.7. The van der Waals surface area contributed by atoms with Crippen LogP contribution in [0.15, 0.2) is 12.1 Å². The summed E-state index contributed by atoms with van der Waals surface area (Å²) in [4.78, 5) is 17.6. The molecule has 0 radical (unpaired) electrons. The van der Waals surface area contributed by atoms with Crippen LogP contribution in [0.3, 0.4) is 0 Å². The van der Waals surface area contributed by atoms with Crippen LogP contribution in [0.5, 0.6) is 0 Å². The summed E-state index contributed by atoms with van der Waals surface area (Å²) in [5, 5.41) is 0. The highest BCUT2D eigenvalue weighted by Gasteiger charge is 2.29. The first-order valence-corrected chi connectivity index (χ1v) is 8.64. The fourth-order valence-corrected chi connectivity index (χ4v) is 4.06. The van der Waals surface area contributed by atoms with Gasteiger partial charge in [0.2, 0.25) is 5.91 Å². The highest BCUT2D eigenvalue weighted by atomic mass is 35.5. The maximum absolute atomic E-state index is 12.4. The van der Waals surface area contributed by atoms with Crippen LogP contribution in [-0.4, -0.2) is 47.9 Å². The Balaban J connectivity index is 1.92. The zero-order valence-corrected chi connectivity index (χ0v) is 14.3. The van der Waals surface area contributed by atoms with Crippen LogP contribution in [0.2, 0.25) is 4.34 Å². The number of halogens is 1. The molecule has 0 aromatic carbocycles. The van der Waals surface area contributed by atoms with Gasteiger partial charge in [-0.05, 0) is 31.9 Å². The summed E-state index contributed by atoms with van der Waals surface area (Å²) in [5.74, 6) is 0.145. The number of nitrogens with zero attached hydrogens (tertiary/aromatic N) is 2. The van der Waals surface area contributed by atoms with Gasteiger partial charge < -0.3 is 10.6 Å². The van der Waals surface area contributed by atoms with Crippen molar-refractivity contribution in [2.75, 3.05) is 20.1 Å². The zero-order chi connectivity index (χ0) is 15.4. The van der Waals surface area contributed by atoms with Crippen LogP contribution < -0.4 is 5.73 Å². The van der Waals surface area contributed by atoms with E-state index in [0.29, 0.717) is 31.7 Å². The fraction of sp³-hybridized carbons (Fsp3) is 0.667. The number of hydrogen-bond acceptors (Lipinski definition) is 4. The number of carbonyl (C=O) groups is 1. The maximum Gasteiger partial charge on any atom is 0.236 e. The van der Waals surface area contributed by atoms with Crippen molar-refractivity contribution in [3.8, 4) is 0 Å². The minimum Gasteiger partial charge on any atom is -0.340 e. The van der Waals surface area contributed by atoms with Gasteiger partial charge in [0.05, 0.1) is 17.4 Å². The van der Waals surface area contributed by atoms with E-state index in [1.165, 1.54) is 17.8 Å². The molecule has 2 unspecified atom stereocenters. The molecular weight excluding hydrogens is 306 g/mol. The number of likely N-dealkylation sites (tertiary alicyclic amines) is 1. The summed E-state index contributed by atoms with van der Waals surface area (Å²) in [6.45, 7) is 3.89. The Kier molecular flexibility index (Phi) is 6.05. The van der Waals surface area contributed by atoms with Crippen LogP contribution in [-0.2, 0) is 11.3 Å². The SMILES string of the molecule is CC1CCCC(CN)N1CC(=O)N(C)Cc1ccc(Cl)s1. The second kappa shape index (κ2) is 7.58. The lowest BCUT2D eigenvalue weighted by atomic mass is 9.96. The van der Waals surface area contributed by atoms with Gasteiger partial charge in [-0.2, -0.15) is 0 Å². The molecule has 1 aliphatic rings. The number of amides is 1. The Hall–Kier alpha value is -0.620. The Bertz CT molecular complexity index is 479. The smallest absolute Gasteiger partial charge is 0.236 e. The molecule has 4 nitrogen and oxygen atoms in total. The molecule has 2 N–H and O–H groups in total. The van der Waals surface area contributed by atoms with Crippen LogP contribution in [0.4, 0.5) is 0 Å². The molecule has 1 saturated heterocycles. The van der Waals surface area contributed by atoms with Gasteiger partial charge >= 0.3 is 0 Å². The van der Waals surface area contributed by atoms with Crippen LogP contribution in [0.1, 0.15) is 31.1 Å². The molecule has 1 amide bonds. The molecule has 0 saturated carbocycles. The quantitative estimate of drug-likeness (QED) is 0.903. The summed E-state index contributed by atoms with van der Waals surface area (Å²) in [5.41, 5.74) is 5.85. The minimum absolute atomic E-state index is 0.145. The van der Waals surface area contributed by atoms with Crippen molar-refractivity contribution >= 4 is 28.8 Å². The topological polar surface area (TPSA) is 49.6 Å². The molecule has 118 valence electrons. The van der Waals surface area contributed by atoms with E-state index in [-0.39, 0.29) is 5.91 Å². The van der Waals surface area contributed by atoms with E-state index in [1.54, 1.807) is 4.90 Å². The lowest BCUT2D eigenvalue weighted by Crippen LogP contribution is -2.52. The monoisotopic (exact) mass is 329 g/mol. The third kappa shape index (κ3) is 4.42. The Morgan fingerprint density at radius 3 is 2.90 bits per heavy atom. The lowest BCUT2D eigenvalue weighted by Gasteiger charge is -2.40. The number of likely N-dealkylation sites (N-methyl/N-ethyl adjacent to an activating group) is 1. The molecule has 1 aromatic rings. The predicted octanol–water partition coefficient (Wildman–Crippen LogP) is 2.56. The summed E-state index contributed by atoms with van der Waals surface area (Å²) >= 11 is 7.45. The van der Waals surface area contributed by atoms with Crippen LogP contribution >= 0.6 is 22.9 Å². The van der Waals surface area contributed by atoms with Gasteiger partial charge in [-0.25, -0.2) is 0 Å². The summed E-state index contributed by atoms with van der Waals surface area (Å²) < 4.78 is 0.763. The number of rotatable bonds is 5. The molecule has 2 atom stereocenters. The van der Waals surface area contributed by atoms with Gasteiger partial charge in [0.25, 0.3) is 0 Å². The number of thiophene rings is 1. The van der Waals surface area contributed by atoms with Gasteiger partial charge in [-0.1, -0.05) is 18.0 Å². The van der Waals surface area contributed by atoms with Gasteiger partial charge in [-0.3, -0.25) is 9.69 Å².